The molecule has 1 aromatic carbocycles. The lowest BCUT2D eigenvalue weighted by atomic mass is 10.1. The minimum atomic E-state index is -0.0170. The number of hydrogen-bond donors (Lipinski definition) is 1. The Morgan fingerprint density at radius 1 is 1.26 bits per heavy atom. The first kappa shape index (κ1) is 13.7. The molecule has 0 saturated carbocycles. The summed E-state index contributed by atoms with van der Waals surface area (Å²) >= 11 is 1.45. The number of nitrogens with zero attached hydrogens (tertiary/aromatic N) is 1. The summed E-state index contributed by atoms with van der Waals surface area (Å²) in [5, 5.41) is 3.89. The van der Waals surface area contributed by atoms with Crippen LogP contribution < -0.4 is 5.32 Å². The average Bonchev–Trinajstić information content (AvgIpc) is 2.71. The molecule has 0 aliphatic rings. The van der Waals surface area contributed by atoms with E-state index in [1.807, 2.05) is 26.0 Å². The molecule has 1 N–H and O–H groups in total. The fourth-order valence-corrected chi connectivity index (χ4v) is 2.86. The highest BCUT2D eigenvalue weighted by Crippen LogP contribution is 2.16. The van der Waals surface area contributed by atoms with Crippen LogP contribution in [0.5, 0.6) is 0 Å². The molecule has 100 valence electrons. The van der Waals surface area contributed by atoms with Gasteiger partial charge in [-0.25, -0.2) is 4.98 Å². The highest BCUT2D eigenvalue weighted by molar-refractivity contribution is 7.13. The minimum Gasteiger partial charge on any atom is -0.351 e. The quantitative estimate of drug-likeness (QED) is 0.931. The van der Waals surface area contributed by atoms with Crippen LogP contribution in [0.1, 0.15) is 31.5 Å². The molecule has 0 fully saturated rings. The average molecular weight is 274 g/mol. The van der Waals surface area contributed by atoms with Crippen LogP contribution in [0.15, 0.2) is 24.3 Å². The van der Waals surface area contributed by atoms with Crippen molar-refractivity contribution in [1.82, 2.24) is 10.3 Å². The Labute approximate surface area is 117 Å². The first-order chi connectivity index (χ1) is 9.08. The number of thiazole rings is 1. The Hall–Kier alpha value is -1.68. The van der Waals surface area contributed by atoms with Gasteiger partial charge in [-0.15, -0.1) is 11.3 Å². The number of aromatic nitrogens is 1. The van der Waals surface area contributed by atoms with Crippen LogP contribution in [0, 0.1) is 20.8 Å². The number of amides is 1. The van der Waals surface area contributed by atoms with E-state index in [4.69, 9.17) is 0 Å². The van der Waals surface area contributed by atoms with Gasteiger partial charge in [-0.1, -0.05) is 24.3 Å². The zero-order valence-electron chi connectivity index (χ0n) is 11.5. The van der Waals surface area contributed by atoms with Crippen molar-refractivity contribution in [1.29, 1.82) is 0 Å². The molecule has 1 heterocycles. The van der Waals surface area contributed by atoms with Gasteiger partial charge in [-0.2, -0.15) is 0 Å². The summed E-state index contributed by atoms with van der Waals surface area (Å²) in [6.45, 7) is 6.54. The first-order valence-electron chi connectivity index (χ1n) is 6.34. The molecule has 3 nitrogen and oxygen atoms in total. The summed E-state index contributed by atoms with van der Waals surface area (Å²) in [6, 6.07) is 8.25. The lowest BCUT2D eigenvalue weighted by Gasteiger charge is -2.06. The van der Waals surface area contributed by atoms with Crippen LogP contribution in [0.2, 0.25) is 0 Å². The molecule has 0 radical (unpaired) electrons. The molecule has 2 aromatic rings. The number of rotatable bonds is 4. The molecule has 0 aliphatic heterocycles. The summed E-state index contributed by atoms with van der Waals surface area (Å²) in [6.07, 6.45) is 0.856. The Kier molecular flexibility index (Phi) is 4.32. The molecule has 2 rings (SSSR count). The zero-order chi connectivity index (χ0) is 13.8. The van der Waals surface area contributed by atoms with Gasteiger partial charge in [0.25, 0.3) is 5.91 Å². The second-order valence-electron chi connectivity index (χ2n) is 4.58. The third-order valence-corrected chi connectivity index (χ3v) is 4.12. The molecule has 1 amide bonds. The number of hydrogen-bond acceptors (Lipinski definition) is 3. The van der Waals surface area contributed by atoms with Crippen LogP contribution >= 0.6 is 11.3 Å². The summed E-state index contributed by atoms with van der Waals surface area (Å²) in [5.41, 5.74) is 3.36. The van der Waals surface area contributed by atoms with Crippen molar-refractivity contribution in [3.63, 3.8) is 0 Å². The van der Waals surface area contributed by atoms with E-state index in [2.05, 4.69) is 29.4 Å². The van der Waals surface area contributed by atoms with Gasteiger partial charge in [0, 0.05) is 6.54 Å². The van der Waals surface area contributed by atoms with Crippen LogP contribution in [-0.2, 0) is 6.42 Å². The maximum Gasteiger partial charge on any atom is 0.263 e. The standard InChI is InChI=1S/C15H18N2OS/c1-10-6-4-5-7-13(10)8-9-16-15(18)14-11(2)17-12(3)19-14/h4-7H,8-9H2,1-3H3,(H,16,18). The van der Waals surface area contributed by atoms with Gasteiger partial charge >= 0.3 is 0 Å². The predicted octanol–water partition coefficient (Wildman–Crippen LogP) is 3.04. The van der Waals surface area contributed by atoms with Crippen molar-refractivity contribution in [2.45, 2.75) is 27.2 Å². The van der Waals surface area contributed by atoms with Gasteiger partial charge in [-0.05, 0) is 38.3 Å². The molecule has 4 heteroatoms. The fraction of sp³-hybridized carbons (Fsp3) is 0.333. The maximum absolute atomic E-state index is 12.0. The summed E-state index contributed by atoms with van der Waals surface area (Å²) in [5.74, 6) is -0.0170. The van der Waals surface area contributed by atoms with Crippen molar-refractivity contribution in [2.24, 2.45) is 0 Å². The fourth-order valence-electron chi connectivity index (χ4n) is 2.02. The van der Waals surface area contributed by atoms with Gasteiger partial charge in [0.2, 0.25) is 0 Å². The molecule has 0 unspecified atom stereocenters. The molecular weight excluding hydrogens is 256 g/mol. The van der Waals surface area contributed by atoms with Crippen LogP contribution in [-0.4, -0.2) is 17.4 Å². The van der Waals surface area contributed by atoms with E-state index in [0.717, 1.165) is 22.0 Å². The molecule has 0 aliphatic carbocycles. The largest absolute Gasteiger partial charge is 0.351 e. The third-order valence-electron chi connectivity index (χ3n) is 3.05. The minimum absolute atomic E-state index is 0.0170. The predicted molar refractivity (Wildman–Crippen MR) is 78.8 cm³/mol. The lowest BCUT2D eigenvalue weighted by Crippen LogP contribution is -2.25. The highest BCUT2D eigenvalue weighted by Gasteiger charge is 2.12. The van der Waals surface area contributed by atoms with E-state index in [9.17, 15) is 4.79 Å². The van der Waals surface area contributed by atoms with E-state index in [1.165, 1.54) is 22.5 Å². The van der Waals surface area contributed by atoms with Gasteiger partial charge < -0.3 is 5.32 Å². The Morgan fingerprint density at radius 3 is 2.63 bits per heavy atom. The molecule has 0 atom stereocenters. The Bertz CT molecular complexity index is 590. The molecule has 19 heavy (non-hydrogen) atoms. The van der Waals surface area contributed by atoms with Gasteiger partial charge in [0.05, 0.1) is 10.7 Å². The van der Waals surface area contributed by atoms with Crippen molar-refractivity contribution < 1.29 is 4.79 Å². The van der Waals surface area contributed by atoms with Crippen molar-refractivity contribution >= 4 is 17.2 Å². The summed E-state index contributed by atoms with van der Waals surface area (Å²) in [7, 11) is 0. The lowest BCUT2D eigenvalue weighted by molar-refractivity contribution is 0.0957. The maximum atomic E-state index is 12.0. The third kappa shape index (κ3) is 3.41. The van der Waals surface area contributed by atoms with E-state index < -0.39 is 0 Å². The summed E-state index contributed by atoms with van der Waals surface area (Å²) < 4.78 is 0. The van der Waals surface area contributed by atoms with E-state index in [-0.39, 0.29) is 5.91 Å². The smallest absolute Gasteiger partial charge is 0.263 e. The van der Waals surface area contributed by atoms with Gasteiger partial charge in [0.15, 0.2) is 0 Å². The second-order valence-corrected chi connectivity index (χ2v) is 5.78. The molecule has 0 spiro atoms. The summed E-state index contributed by atoms with van der Waals surface area (Å²) in [4.78, 5) is 17.0. The van der Waals surface area contributed by atoms with Gasteiger partial charge in [-0.3, -0.25) is 4.79 Å². The highest BCUT2D eigenvalue weighted by atomic mass is 32.1. The topological polar surface area (TPSA) is 42.0 Å². The molecule has 0 bridgehead atoms. The Balaban J connectivity index is 1.91. The first-order valence-corrected chi connectivity index (χ1v) is 7.16. The van der Waals surface area contributed by atoms with E-state index in [1.54, 1.807) is 0 Å². The molecular formula is C15H18N2OS. The van der Waals surface area contributed by atoms with E-state index >= 15 is 0 Å². The number of aryl methyl sites for hydroxylation is 3. The monoisotopic (exact) mass is 274 g/mol. The van der Waals surface area contributed by atoms with Crippen LogP contribution in [0.3, 0.4) is 0 Å². The molecule has 0 saturated heterocycles. The normalized spacial score (nSPS) is 10.5. The number of nitrogens with one attached hydrogen (secondary N) is 1. The van der Waals surface area contributed by atoms with Crippen molar-refractivity contribution in [3.8, 4) is 0 Å². The van der Waals surface area contributed by atoms with Crippen molar-refractivity contribution in [3.05, 3.63) is 51.0 Å². The number of carbonyl (C=O) groups excluding carboxylic acids is 1. The SMILES string of the molecule is Cc1nc(C)c(C(=O)NCCc2ccccc2C)s1. The van der Waals surface area contributed by atoms with Crippen LogP contribution in [0.4, 0.5) is 0 Å². The van der Waals surface area contributed by atoms with Crippen molar-refractivity contribution in [2.75, 3.05) is 6.54 Å². The second kappa shape index (κ2) is 5.97. The van der Waals surface area contributed by atoms with E-state index in [0.29, 0.717) is 6.54 Å². The molecule has 1 aromatic heterocycles. The number of carbonyl (C=O) groups is 1. The zero-order valence-corrected chi connectivity index (χ0v) is 12.3. The Morgan fingerprint density at radius 2 is 2.00 bits per heavy atom. The van der Waals surface area contributed by atoms with Gasteiger partial charge in [0.1, 0.15) is 4.88 Å². The number of benzene rings is 1. The van der Waals surface area contributed by atoms with Crippen LogP contribution in [0.25, 0.3) is 0 Å².